The van der Waals surface area contributed by atoms with Gasteiger partial charge in [0.2, 0.25) is 0 Å². The average Bonchev–Trinajstić information content (AvgIpc) is 3.36. The van der Waals surface area contributed by atoms with Gasteiger partial charge in [-0.05, 0) is 0 Å². The van der Waals surface area contributed by atoms with E-state index in [2.05, 4.69) is 119 Å². The number of benzene rings is 2. The number of aryl methyl sites for hydroxylation is 4. The molecular weight excluding hydrogens is 575 g/mol. The molecule has 0 aliphatic heterocycles. The van der Waals surface area contributed by atoms with E-state index in [1.165, 1.54) is 55.7 Å². The molecule has 0 N–H and O–H groups in total. The molecule has 2 unspecified atom stereocenters. The van der Waals surface area contributed by atoms with Crippen molar-refractivity contribution in [1.82, 2.24) is 0 Å². The van der Waals surface area contributed by atoms with Gasteiger partial charge in [-0.2, -0.15) is 0 Å². The fourth-order valence-corrected chi connectivity index (χ4v) is 38.4. The molecule has 0 radical (unpaired) electrons. The van der Waals surface area contributed by atoms with Gasteiger partial charge in [-0.25, -0.2) is 0 Å². The maximum absolute atomic E-state index is 8.60. The third-order valence-electron chi connectivity index (χ3n) is 9.18. The van der Waals surface area contributed by atoms with E-state index in [-0.39, 0.29) is 18.1 Å². The van der Waals surface area contributed by atoms with Crippen LogP contribution in [0.4, 0.5) is 0 Å². The van der Waals surface area contributed by atoms with Crippen molar-refractivity contribution in [3.8, 4) is 0 Å². The van der Waals surface area contributed by atoms with Gasteiger partial charge in [0, 0.05) is 0 Å². The molecule has 36 heavy (non-hydrogen) atoms. The molecule has 0 spiro atoms. The molecule has 2 aromatic rings. The molecule has 0 heterocycles. The fourth-order valence-electron chi connectivity index (χ4n) is 6.93. The van der Waals surface area contributed by atoms with Crippen LogP contribution in [0.3, 0.4) is 0 Å². The Bertz CT molecular complexity index is 1220. The summed E-state index contributed by atoms with van der Waals surface area (Å²) in [6.45, 7) is 28.1. The monoisotopic (exact) mass is 617 g/mol. The zero-order valence-electron chi connectivity index (χ0n) is 24.5. The summed E-state index contributed by atoms with van der Waals surface area (Å²) in [4.78, 5) is 0. The average molecular weight is 620 g/mol. The Morgan fingerprint density at radius 1 is 0.611 bits per heavy atom. The van der Waals surface area contributed by atoms with Crippen LogP contribution >= 0.6 is 17.0 Å². The van der Waals surface area contributed by atoms with E-state index in [1.807, 2.05) is 0 Å². The van der Waals surface area contributed by atoms with E-state index in [4.69, 9.17) is 17.0 Å². The first-order chi connectivity index (χ1) is 16.3. The second-order valence-electron chi connectivity index (χ2n) is 14.0. The molecule has 0 fully saturated rings. The van der Waals surface area contributed by atoms with E-state index in [1.54, 1.807) is 0 Å². The minimum absolute atomic E-state index is 0.0145. The fraction of sp³-hybridized carbons (Fsp3) is 0.500. The molecule has 0 bridgehead atoms. The third kappa shape index (κ3) is 4.08. The Morgan fingerprint density at radius 2 is 0.917 bits per heavy atom. The van der Waals surface area contributed by atoms with Crippen LogP contribution in [-0.2, 0) is 15.6 Å². The maximum atomic E-state index is 8.60. The predicted octanol–water partition coefficient (Wildman–Crippen LogP) is 10.6. The van der Waals surface area contributed by atoms with Crippen molar-refractivity contribution in [3.05, 3.63) is 79.9 Å². The number of rotatable bonds is 3. The SMILES string of the molecule is Cc1ccc(C)c2c1C=C(C(C)(C)C)[CH]2[Zr]([Cl])([Cl])([CH]1C(C(C)(C)C)=Cc2c(C)ccc(C)c21)[SiH](C)C. The van der Waals surface area contributed by atoms with Crippen LogP contribution in [-0.4, -0.2) is 5.92 Å². The van der Waals surface area contributed by atoms with E-state index in [0.29, 0.717) is 0 Å². The summed E-state index contributed by atoms with van der Waals surface area (Å²) in [5.41, 5.74) is 13.9. The summed E-state index contributed by atoms with van der Waals surface area (Å²) in [6, 6.07) is 9.13. The molecule has 2 atom stereocenters. The summed E-state index contributed by atoms with van der Waals surface area (Å²) in [7, 11) is 17.2. The van der Waals surface area contributed by atoms with Crippen LogP contribution in [0.2, 0.25) is 13.1 Å². The second-order valence-corrected chi connectivity index (χ2v) is 56.5. The summed E-state index contributed by atoms with van der Waals surface area (Å²) in [5.74, 6) is -1.57. The van der Waals surface area contributed by atoms with E-state index < -0.39 is 21.5 Å². The molecule has 0 saturated carbocycles. The van der Waals surface area contributed by atoms with E-state index in [9.17, 15) is 0 Å². The van der Waals surface area contributed by atoms with Crippen LogP contribution in [0, 0.1) is 38.5 Å². The number of hydrogen-bond acceptors (Lipinski definition) is 0. The van der Waals surface area contributed by atoms with Crippen molar-refractivity contribution in [1.29, 1.82) is 0 Å². The molecule has 4 heteroatoms. The molecule has 2 aromatic carbocycles. The van der Waals surface area contributed by atoms with Crippen LogP contribution in [0.1, 0.15) is 93.3 Å². The molecule has 0 saturated heterocycles. The predicted molar refractivity (Wildman–Crippen MR) is 163 cm³/mol. The zero-order chi connectivity index (χ0) is 27.2. The van der Waals surface area contributed by atoms with Crippen LogP contribution in [0.5, 0.6) is 0 Å². The molecule has 0 nitrogen and oxygen atoms in total. The second kappa shape index (κ2) is 8.81. The number of hydrogen-bond donors (Lipinski definition) is 0. The molecular formula is C32H45Cl2SiZr. The summed E-state index contributed by atoms with van der Waals surface area (Å²) < 4.78 is 0.274. The third-order valence-corrected chi connectivity index (χ3v) is 60.6. The molecule has 2 aliphatic rings. The number of halogens is 2. The van der Waals surface area contributed by atoms with Gasteiger partial charge in [0.15, 0.2) is 0 Å². The van der Waals surface area contributed by atoms with Gasteiger partial charge >= 0.3 is 231 Å². The van der Waals surface area contributed by atoms with Crippen LogP contribution in [0.15, 0.2) is 35.4 Å². The van der Waals surface area contributed by atoms with Crippen molar-refractivity contribution in [3.63, 3.8) is 0 Å². The number of fused-ring (bicyclic) bond motifs is 2. The van der Waals surface area contributed by atoms with Crippen molar-refractivity contribution < 1.29 is 15.6 Å². The van der Waals surface area contributed by atoms with E-state index >= 15 is 0 Å². The van der Waals surface area contributed by atoms with Crippen molar-refractivity contribution in [2.45, 2.75) is 89.6 Å². The van der Waals surface area contributed by atoms with Crippen LogP contribution < -0.4 is 0 Å². The van der Waals surface area contributed by atoms with Gasteiger partial charge in [-0.15, -0.1) is 0 Å². The Balaban J connectivity index is 2.18. The van der Waals surface area contributed by atoms with Crippen molar-refractivity contribution >= 4 is 35.1 Å². The molecule has 0 aromatic heterocycles. The van der Waals surface area contributed by atoms with E-state index in [0.717, 1.165) is 0 Å². The van der Waals surface area contributed by atoms with Gasteiger partial charge in [-0.3, -0.25) is 0 Å². The number of allylic oxidation sites excluding steroid dienone is 2. The van der Waals surface area contributed by atoms with Gasteiger partial charge < -0.3 is 0 Å². The van der Waals surface area contributed by atoms with Gasteiger partial charge in [0.1, 0.15) is 0 Å². The summed E-state index contributed by atoms with van der Waals surface area (Å²) in [6.07, 6.45) is 4.97. The minimum atomic E-state index is -4.77. The normalized spacial score (nSPS) is 21.1. The topological polar surface area (TPSA) is 0 Å². The molecule has 2 aliphatic carbocycles. The zero-order valence-corrected chi connectivity index (χ0v) is 29.6. The van der Waals surface area contributed by atoms with Gasteiger partial charge in [0.25, 0.3) is 0 Å². The van der Waals surface area contributed by atoms with Crippen molar-refractivity contribution in [2.75, 3.05) is 0 Å². The Morgan fingerprint density at radius 3 is 1.19 bits per heavy atom. The summed E-state index contributed by atoms with van der Waals surface area (Å²) in [5, 5.41) is 0. The van der Waals surface area contributed by atoms with Gasteiger partial charge in [-0.1, -0.05) is 0 Å². The van der Waals surface area contributed by atoms with Gasteiger partial charge in [0.05, 0.1) is 0 Å². The molecule has 0 amide bonds. The molecule has 195 valence electrons. The summed E-state index contributed by atoms with van der Waals surface area (Å²) >= 11 is -4.77. The molecule has 4 rings (SSSR count). The first-order valence-electron chi connectivity index (χ1n) is 13.5. The Hall–Kier alpha value is -0.400. The Kier molecular flexibility index (Phi) is 7.00. The van der Waals surface area contributed by atoms with Crippen molar-refractivity contribution in [2.24, 2.45) is 10.8 Å². The quantitative estimate of drug-likeness (QED) is 0.300. The first-order valence-corrected chi connectivity index (χ1v) is 29.8. The Labute approximate surface area is 229 Å². The van der Waals surface area contributed by atoms with Crippen LogP contribution in [0.25, 0.3) is 12.2 Å². The first kappa shape index (κ1) is 28.6. The standard InChI is InChI=1S/2C15H19.C2H7Si.2ClH.Zr/c2*1-10-6-7-11(2)14-9-12(8-13(10)14)15(3,4)5;1-3-2;;;/h2*6-9H,1-5H3;3H,1-2H3;2*1H;/q;;;;;+2/p-2.